The number of rotatable bonds is 3. The summed E-state index contributed by atoms with van der Waals surface area (Å²) in [6, 6.07) is 3.69. The van der Waals surface area contributed by atoms with E-state index in [1.807, 2.05) is 19.1 Å². The first kappa shape index (κ1) is 12.1. The van der Waals surface area contributed by atoms with Gasteiger partial charge in [-0.2, -0.15) is 4.98 Å². The number of aromatic nitrogens is 2. The molecule has 0 atom stereocenters. The summed E-state index contributed by atoms with van der Waals surface area (Å²) >= 11 is 0. The zero-order valence-corrected chi connectivity index (χ0v) is 10.8. The average molecular weight is 260 g/mol. The molecule has 100 valence electrons. The van der Waals surface area contributed by atoms with Crippen molar-refractivity contribution < 1.29 is 14.3 Å². The van der Waals surface area contributed by atoms with Gasteiger partial charge in [-0.05, 0) is 31.9 Å². The lowest BCUT2D eigenvalue weighted by molar-refractivity contribution is -0.148. The molecule has 5 nitrogen and oxygen atoms in total. The minimum Gasteiger partial charge on any atom is -0.481 e. The van der Waals surface area contributed by atoms with Crippen LogP contribution in [0.1, 0.15) is 37.3 Å². The molecule has 0 aliphatic heterocycles. The Bertz CT molecular complexity index is 627. The number of carboxylic acids is 1. The van der Waals surface area contributed by atoms with Gasteiger partial charge < -0.3 is 9.52 Å². The molecule has 2 aromatic heterocycles. The monoisotopic (exact) mass is 260 g/mol. The molecule has 0 radical (unpaired) electrons. The molecule has 2 heterocycles. The number of hydrogen-bond donors (Lipinski definition) is 1. The Morgan fingerprint density at radius 2 is 2.11 bits per heavy atom. The fourth-order valence-corrected chi connectivity index (χ4v) is 2.84. The Hall–Kier alpha value is -1.91. The van der Waals surface area contributed by atoms with Gasteiger partial charge in [-0.3, -0.25) is 4.79 Å². The second kappa shape index (κ2) is 4.33. The van der Waals surface area contributed by atoms with E-state index in [2.05, 4.69) is 9.97 Å². The van der Waals surface area contributed by atoms with Crippen molar-refractivity contribution in [1.82, 2.24) is 9.97 Å². The number of aliphatic carboxylic acids is 1. The van der Waals surface area contributed by atoms with Gasteiger partial charge in [0.15, 0.2) is 17.1 Å². The maximum absolute atomic E-state index is 11.5. The summed E-state index contributed by atoms with van der Waals surface area (Å²) in [5.41, 5.74) is 1.37. The number of carboxylic acid groups (broad SMARTS) is 1. The van der Waals surface area contributed by atoms with Gasteiger partial charge >= 0.3 is 5.97 Å². The van der Waals surface area contributed by atoms with Crippen LogP contribution >= 0.6 is 0 Å². The highest BCUT2D eigenvalue weighted by atomic mass is 16.4. The highest BCUT2D eigenvalue weighted by Crippen LogP contribution is 2.41. The molecule has 1 fully saturated rings. The molecule has 0 bridgehead atoms. The topological polar surface area (TPSA) is 76.2 Å². The number of oxazole rings is 1. The fourth-order valence-electron chi connectivity index (χ4n) is 2.84. The molecule has 0 unspecified atom stereocenters. The molecule has 2 aromatic rings. The molecule has 0 saturated heterocycles. The van der Waals surface area contributed by atoms with Gasteiger partial charge in [0, 0.05) is 12.1 Å². The Kier molecular flexibility index (Phi) is 2.77. The van der Waals surface area contributed by atoms with Gasteiger partial charge in [-0.15, -0.1) is 0 Å². The van der Waals surface area contributed by atoms with E-state index in [-0.39, 0.29) is 0 Å². The number of aryl methyl sites for hydroxylation is 1. The van der Waals surface area contributed by atoms with Gasteiger partial charge in [0.25, 0.3) is 0 Å². The first-order chi connectivity index (χ1) is 9.09. The lowest BCUT2D eigenvalue weighted by Gasteiger charge is -2.21. The quantitative estimate of drug-likeness (QED) is 0.918. The van der Waals surface area contributed by atoms with E-state index in [0.29, 0.717) is 36.4 Å². The molecule has 19 heavy (non-hydrogen) atoms. The number of hydrogen-bond acceptors (Lipinski definition) is 4. The van der Waals surface area contributed by atoms with E-state index >= 15 is 0 Å². The Balaban J connectivity index is 1.94. The predicted molar refractivity (Wildman–Crippen MR) is 68.8 cm³/mol. The standard InChI is InChI=1S/C14H16N2O3/c1-9-4-5-10-12(15-9)16-11(19-10)8-14(13(17)18)6-2-3-7-14/h4-5H,2-3,6-8H2,1H3,(H,17,18). The van der Waals surface area contributed by atoms with Crippen molar-refractivity contribution >= 4 is 17.2 Å². The van der Waals surface area contributed by atoms with Crippen LogP contribution in [0.2, 0.25) is 0 Å². The first-order valence-electron chi connectivity index (χ1n) is 6.56. The average Bonchev–Trinajstić information content (AvgIpc) is 2.96. The van der Waals surface area contributed by atoms with E-state index < -0.39 is 11.4 Å². The molecule has 1 N–H and O–H groups in total. The number of pyridine rings is 1. The molecule has 3 rings (SSSR count). The second-order valence-electron chi connectivity index (χ2n) is 5.35. The van der Waals surface area contributed by atoms with Crippen molar-refractivity contribution in [3.8, 4) is 0 Å². The van der Waals surface area contributed by atoms with Crippen LogP contribution in [-0.2, 0) is 11.2 Å². The largest absolute Gasteiger partial charge is 0.481 e. The van der Waals surface area contributed by atoms with Crippen molar-refractivity contribution in [3.63, 3.8) is 0 Å². The van der Waals surface area contributed by atoms with Gasteiger partial charge in [0.1, 0.15) is 0 Å². The lowest BCUT2D eigenvalue weighted by Crippen LogP contribution is -2.30. The van der Waals surface area contributed by atoms with Crippen molar-refractivity contribution in [3.05, 3.63) is 23.7 Å². The predicted octanol–water partition coefficient (Wildman–Crippen LogP) is 2.72. The molecule has 1 saturated carbocycles. The maximum Gasteiger partial charge on any atom is 0.310 e. The third kappa shape index (κ3) is 2.09. The molecular weight excluding hydrogens is 244 g/mol. The molecule has 5 heteroatoms. The normalized spacial score (nSPS) is 17.9. The van der Waals surface area contributed by atoms with E-state index in [1.54, 1.807) is 0 Å². The van der Waals surface area contributed by atoms with Crippen LogP contribution in [0.4, 0.5) is 0 Å². The van der Waals surface area contributed by atoms with Crippen LogP contribution < -0.4 is 0 Å². The zero-order chi connectivity index (χ0) is 13.5. The second-order valence-corrected chi connectivity index (χ2v) is 5.35. The van der Waals surface area contributed by atoms with Crippen LogP contribution in [0.3, 0.4) is 0 Å². The summed E-state index contributed by atoms with van der Waals surface area (Å²) in [6.07, 6.45) is 3.69. The van der Waals surface area contributed by atoms with Crippen LogP contribution in [0, 0.1) is 12.3 Å². The SMILES string of the molecule is Cc1ccc2oc(CC3(C(=O)O)CCCC3)nc2n1. The minimum atomic E-state index is -0.739. The molecule has 1 aliphatic carbocycles. The molecule has 1 aliphatic rings. The number of fused-ring (bicyclic) bond motifs is 1. The third-order valence-corrected chi connectivity index (χ3v) is 3.94. The minimum absolute atomic E-state index is 0.359. The van der Waals surface area contributed by atoms with Crippen LogP contribution in [0.5, 0.6) is 0 Å². The van der Waals surface area contributed by atoms with Crippen LogP contribution in [-0.4, -0.2) is 21.0 Å². The Morgan fingerprint density at radius 3 is 2.79 bits per heavy atom. The summed E-state index contributed by atoms with van der Waals surface area (Å²) in [4.78, 5) is 20.1. The number of carbonyl (C=O) groups is 1. The summed E-state index contributed by atoms with van der Waals surface area (Å²) in [6.45, 7) is 1.89. The Morgan fingerprint density at radius 1 is 1.37 bits per heavy atom. The smallest absolute Gasteiger partial charge is 0.310 e. The van der Waals surface area contributed by atoms with Gasteiger partial charge in [-0.25, -0.2) is 4.98 Å². The number of nitrogens with zero attached hydrogens (tertiary/aromatic N) is 2. The van der Waals surface area contributed by atoms with Crippen LogP contribution in [0.15, 0.2) is 16.5 Å². The Labute approximate surface area is 110 Å². The van der Waals surface area contributed by atoms with Crippen LogP contribution in [0.25, 0.3) is 11.2 Å². The molecule has 0 amide bonds. The van der Waals surface area contributed by atoms with E-state index in [4.69, 9.17) is 4.42 Å². The summed E-state index contributed by atoms with van der Waals surface area (Å²) < 4.78 is 5.62. The fraction of sp³-hybridized carbons (Fsp3) is 0.500. The van der Waals surface area contributed by atoms with Gasteiger partial charge in [-0.1, -0.05) is 12.8 Å². The van der Waals surface area contributed by atoms with Crippen molar-refractivity contribution in [1.29, 1.82) is 0 Å². The van der Waals surface area contributed by atoms with E-state index in [1.165, 1.54) is 0 Å². The van der Waals surface area contributed by atoms with E-state index in [0.717, 1.165) is 18.5 Å². The van der Waals surface area contributed by atoms with E-state index in [9.17, 15) is 9.90 Å². The summed E-state index contributed by atoms with van der Waals surface area (Å²) in [7, 11) is 0. The molecular formula is C14H16N2O3. The first-order valence-corrected chi connectivity index (χ1v) is 6.56. The van der Waals surface area contributed by atoms with Crippen molar-refractivity contribution in [2.45, 2.75) is 39.0 Å². The molecule has 0 spiro atoms. The van der Waals surface area contributed by atoms with Crippen molar-refractivity contribution in [2.75, 3.05) is 0 Å². The lowest BCUT2D eigenvalue weighted by atomic mass is 9.83. The summed E-state index contributed by atoms with van der Waals surface area (Å²) in [5, 5.41) is 9.46. The zero-order valence-electron chi connectivity index (χ0n) is 10.8. The summed E-state index contributed by atoms with van der Waals surface area (Å²) in [5.74, 6) is -0.256. The highest BCUT2D eigenvalue weighted by molar-refractivity contribution is 5.75. The van der Waals surface area contributed by atoms with Gasteiger partial charge in [0.05, 0.1) is 5.41 Å². The molecule has 0 aromatic carbocycles. The third-order valence-electron chi connectivity index (χ3n) is 3.94. The van der Waals surface area contributed by atoms with Gasteiger partial charge in [0.2, 0.25) is 0 Å². The van der Waals surface area contributed by atoms with Crippen molar-refractivity contribution in [2.24, 2.45) is 5.41 Å². The maximum atomic E-state index is 11.5. The highest BCUT2D eigenvalue weighted by Gasteiger charge is 2.42.